The van der Waals surface area contributed by atoms with Gasteiger partial charge in [-0.15, -0.1) is 0 Å². The van der Waals surface area contributed by atoms with Crippen molar-refractivity contribution in [2.45, 2.75) is 6.92 Å². The van der Waals surface area contributed by atoms with E-state index < -0.39 is 5.97 Å². The van der Waals surface area contributed by atoms with Crippen LogP contribution in [-0.2, 0) is 30.6 Å². The molecule has 0 saturated carbocycles. The normalized spacial score (nSPS) is 9.38. The third-order valence-electron chi connectivity index (χ3n) is 2.80. The summed E-state index contributed by atoms with van der Waals surface area (Å²) < 4.78 is 9.97. The molecule has 0 N–H and O–H groups in total. The third kappa shape index (κ3) is 5.20. The first kappa shape index (κ1) is 17.2. The van der Waals surface area contributed by atoms with Crippen LogP contribution in [0.4, 0.5) is 0 Å². The minimum absolute atomic E-state index is 0. The Balaban J connectivity index is 0.00000220. The van der Waals surface area contributed by atoms with Crippen LogP contribution in [0.5, 0.6) is 5.75 Å². The van der Waals surface area contributed by atoms with Gasteiger partial charge in [-0.1, -0.05) is 42.0 Å². The maximum atomic E-state index is 10.8. The van der Waals surface area contributed by atoms with Crippen LogP contribution in [0.3, 0.4) is 0 Å². The summed E-state index contributed by atoms with van der Waals surface area (Å²) in [4.78, 5) is 10.8. The molecular weight excluding hydrogens is 436 g/mol. The van der Waals surface area contributed by atoms with Gasteiger partial charge < -0.3 is 15.5 Å². The fourth-order valence-corrected chi connectivity index (χ4v) is 1.69. The minimum Gasteiger partial charge on any atom is -0.457 e. The Morgan fingerprint density at radius 2 is 1.57 bits per heavy atom. The zero-order chi connectivity index (χ0) is 14.4. The smallest absolute Gasteiger partial charge is 0.231 e. The summed E-state index contributed by atoms with van der Waals surface area (Å²) in [6, 6.07) is 15.9. The SMILES string of the molecule is C=[C-]C(=O)OCOc1ccc(-c2ccc(C)cc2)cc1.[W]. The van der Waals surface area contributed by atoms with E-state index in [2.05, 4.69) is 48.6 Å². The van der Waals surface area contributed by atoms with Crippen molar-refractivity contribution in [3.05, 3.63) is 66.7 Å². The third-order valence-corrected chi connectivity index (χ3v) is 2.80. The fourth-order valence-electron chi connectivity index (χ4n) is 1.69. The largest absolute Gasteiger partial charge is 0.457 e. The second-order valence-corrected chi connectivity index (χ2v) is 4.26. The van der Waals surface area contributed by atoms with Gasteiger partial charge in [0.25, 0.3) is 0 Å². The fraction of sp³-hybridized carbons (Fsp3) is 0.118. The van der Waals surface area contributed by atoms with Crippen LogP contribution in [0.1, 0.15) is 5.56 Å². The van der Waals surface area contributed by atoms with Crippen molar-refractivity contribution >= 4 is 5.97 Å². The van der Waals surface area contributed by atoms with E-state index >= 15 is 0 Å². The minimum atomic E-state index is -0.624. The van der Waals surface area contributed by atoms with Gasteiger partial charge in [0.2, 0.25) is 6.79 Å². The second-order valence-electron chi connectivity index (χ2n) is 4.26. The topological polar surface area (TPSA) is 35.5 Å². The molecule has 0 unspecified atom stereocenters. The van der Waals surface area contributed by atoms with E-state index in [-0.39, 0.29) is 27.9 Å². The standard InChI is InChI=1S/C17H15O3.W/c1-3-17(18)20-12-19-16-10-8-15(9-11-16)14-6-4-13(2)5-7-14;/h4-11H,1,12H2,2H3;/q-1;. The maximum Gasteiger partial charge on any atom is 0.231 e. The van der Waals surface area contributed by atoms with Gasteiger partial charge in [0.15, 0.2) is 5.97 Å². The van der Waals surface area contributed by atoms with Gasteiger partial charge >= 0.3 is 0 Å². The number of carbonyl (C=O) groups excluding carboxylic acids is 1. The van der Waals surface area contributed by atoms with E-state index in [1.165, 1.54) is 5.56 Å². The van der Waals surface area contributed by atoms with Crippen LogP contribution in [0.2, 0.25) is 0 Å². The van der Waals surface area contributed by atoms with Crippen LogP contribution in [0, 0.1) is 13.0 Å². The Morgan fingerprint density at radius 1 is 1.05 bits per heavy atom. The summed E-state index contributed by atoms with van der Waals surface area (Å²) in [5.74, 6) is 0.0130. The molecule has 0 fully saturated rings. The van der Waals surface area contributed by atoms with Crippen LogP contribution < -0.4 is 4.74 Å². The Kier molecular flexibility index (Phi) is 6.90. The van der Waals surface area contributed by atoms with Gasteiger partial charge in [0, 0.05) is 21.1 Å². The molecule has 0 radical (unpaired) electrons. The van der Waals surface area contributed by atoms with Crippen LogP contribution in [-0.4, -0.2) is 12.8 Å². The molecule has 0 saturated heterocycles. The number of benzene rings is 2. The first-order chi connectivity index (χ1) is 9.69. The van der Waals surface area contributed by atoms with Gasteiger partial charge in [0.1, 0.15) is 5.75 Å². The van der Waals surface area contributed by atoms with Crippen molar-refractivity contribution in [3.63, 3.8) is 0 Å². The van der Waals surface area contributed by atoms with E-state index in [1.807, 2.05) is 24.3 Å². The molecule has 0 spiro atoms. The predicted molar refractivity (Wildman–Crippen MR) is 77.1 cm³/mol. The number of esters is 1. The predicted octanol–water partition coefficient (Wildman–Crippen LogP) is 3.53. The van der Waals surface area contributed by atoms with Gasteiger partial charge in [-0.3, -0.25) is 11.4 Å². The van der Waals surface area contributed by atoms with Gasteiger partial charge in [0.05, 0.1) is 0 Å². The van der Waals surface area contributed by atoms with E-state index in [1.54, 1.807) is 0 Å². The zero-order valence-electron chi connectivity index (χ0n) is 11.7. The molecule has 0 aliphatic carbocycles. The number of carbonyl (C=O) groups is 1. The van der Waals surface area contributed by atoms with E-state index in [0.29, 0.717) is 5.75 Å². The van der Waals surface area contributed by atoms with Crippen molar-refractivity contribution < 1.29 is 35.3 Å². The Morgan fingerprint density at radius 3 is 2.10 bits per heavy atom. The van der Waals surface area contributed by atoms with E-state index in [9.17, 15) is 4.79 Å². The average Bonchev–Trinajstić information content (AvgIpc) is 2.48. The van der Waals surface area contributed by atoms with Crippen molar-refractivity contribution in [2.24, 2.45) is 0 Å². The molecular formula is C17H15O3W-. The number of hydrogen-bond acceptors (Lipinski definition) is 3. The Labute approximate surface area is 138 Å². The number of aryl methyl sites for hydroxylation is 1. The molecule has 0 atom stereocenters. The molecule has 0 amide bonds. The molecule has 2 aromatic carbocycles. The number of ether oxygens (including phenoxy) is 2. The average molecular weight is 451 g/mol. The summed E-state index contributed by atoms with van der Waals surface area (Å²) in [6.07, 6.45) is 2.10. The second kappa shape index (κ2) is 8.43. The van der Waals surface area contributed by atoms with Crippen LogP contribution in [0.25, 0.3) is 11.1 Å². The molecule has 0 heterocycles. The van der Waals surface area contributed by atoms with Crippen molar-refractivity contribution in [1.82, 2.24) is 0 Å². The number of hydrogen-bond donors (Lipinski definition) is 0. The quantitative estimate of drug-likeness (QED) is 0.302. The summed E-state index contributed by atoms with van der Waals surface area (Å²) in [5.41, 5.74) is 3.48. The Bertz CT molecular complexity index is 588. The molecule has 21 heavy (non-hydrogen) atoms. The molecule has 3 nitrogen and oxygen atoms in total. The van der Waals surface area contributed by atoms with Crippen LogP contribution >= 0.6 is 0 Å². The summed E-state index contributed by atoms with van der Waals surface area (Å²) in [6.45, 7) is 5.09. The molecule has 0 aliphatic heterocycles. The molecule has 2 rings (SSSR count). The molecule has 2 aromatic rings. The molecule has 108 valence electrons. The maximum absolute atomic E-state index is 10.8. The van der Waals surface area contributed by atoms with Crippen molar-refractivity contribution in [2.75, 3.05) is 6.79 Å². The van der Waals surface area contributed by atoms with Crippen molar-refractivity contribution in [3.8, 4) is 16.9 Å². The molecule has 0 bridgehead atoms. The molecule has 0 aliphatic rings. The molecule has 0 aromatic heterocycles. The monoisotopic (exact) mass is 451 g/mol. The van der Waals surface area contributed by atoms with Gasteiger partial charge in [-0.25, -0.2) is 0 Å². The summed E-state index contributed by atoms with van der Waals surface area (Å²) >= 11 is 0. The van der Waals surface area contributed by atoms with E-state index in [4.69, 9.17) is 4.74 Å². The molecule has 4 heteroatoms. The van der Waals surface area contributed by atoms with Gasteiger partial charge in [-0.2, -0.15) is 0 Å². The van der Waals surface area contributed by atoms with Crippen molar-refractivity contribution in [1.29, 1.82) is 0 Å². The number of rotatable bonds is 5. The van der Waals surface area contributed by atoms with E-state index in [0.717, 1.165) is 11.1 Å². The summed E-state index contributed by atoms with van der Waals surface area (Å²) in [5, 5.41) is 0. The van der Waals surface area contributed by atoms with Crippen LogP contribution in [0.15, 0.2) is 55.1 Å². The first-order valence-corrected chi connectivity index (χ1v) is 6.19. The summed E-state index contributed by atoms with van der Waals surface area (Å²) in [7, 11) is 0. The first-order valence-electron chi connectivity index (χ1n) is 6.19. The Hall–Kier alpha value is -1.86. The zero-order valence-corrected chi connectivity index (χ0v) is 14.6. The van der Waals surface area contributed by atoms with Gasteiger partial charge in [-0.05, 0) is 30.2 Å².